The second kappa shape index (κ2) is 7.21. The first-order chi connectivity index (χ1) is 11.9. The average Bonchev–Trinajstić information content (AvgIpc) is 3.13. The van der Waals surface area contributed by atoms with Crippen LogP contribution in [0.15, 0.2) is 47.1 Å². The van der Waals surface area contributed by atoms with Gasteiger partial charge in [0.2, 0.25) is 5.91 Å². The highest BCUT2D eigenvalue weighted by Crippen LogP contribution is 2.30. The summed E-state index contributed by atoms with van der Waals surface area (Å²) in [7, 11) is 0. The lowest BCUT2D eigenvalue weighted by molar-refractivity contribution is -0.137. The van der Waals surface area contributed by atoms with Crippen molar-refractivity contribution >= 4 is 11.6 Å². The predicted molar refractivity (Wildman–Crippen MR) is 87.3 cm³/mol. The monoisotopic (exact) mass is 352 g/mol. The van der Waals surface area contributed by atoms with Gasteiger partial charge in [-0.25, -0.2) is 0 Å². The van der Waals surface area contributed by atoms with E-state index in [-0.39, 0.29) is 5.91 Å². The van der Waals surface area contributed by atoms with Crippen LogP contribution in [-0.4, -0.2) is 37.0 Å². The lowest BCUT2D eigenvalue weighted by Gasteiger charge is -2.36. The third kappa shape index (κ3) is 4.35. The van der Waals surface area contributed by atoms with E-state index in [0.29, 0.717) is 39.0 Å². The molecule has 0 saturated carbocycles. The van der Waals surface area contributed by atoms with E-state index in [1.807, 2.05) is 11.0 Å². The number of hydrogen-bond acceptors (Lipinski definition) is 3. The number of hydrogen-bond donors (Lipinski definition) is 0. The molecule has 2 heterocycles. The molecule has 4 nitrogen and oxygen atoms in total. The second-order valence-corrected chi connectivity index (χ2v) is 5.99. The fraction of sp³-hybridized carbons (Fsp3) is 0.389. The van der Waals surface area contributed by atoms with Crippen LogP contribution in [0.3, 0.4) is 0 Å². The van der Waals surface area contributed by atoms with Crippen molar-refractivity contribution in [3.8, 4) is 0 Å². The summed E-state index contributed by atoms with van der Waals surface area (Å²) in [6.07, 6.45) is -1.76. The highest BCUT2D eigenvalue weighted by atomic mass is 19.4. The van der Waals surface area contributed by atoms with Crippen molar-refractivity contribution in [2.75, 3.05) is 31.1 Å². The molecule has 1 aromatic carbocycles. The van der Waals surface area contributed by atoms with Gasteiger partial charge in [0.25, 0.3) is 0 Å². The third-order valence-corrected chi connectivity index (χ3v) is 4.36. The number of piperazine rings is 1. The molecule has 25 heavy (non-hydrogen) atoms. The largest absolute Gasteiger partial charge is 0.469 e. The summed E-state index contributed by atoms with van der Waals surface area (Å²) < 4.78 is 43.1. The van der Waals surface area contributed by atoms with Gasteiger partial charge in [-0.2, -0.15) is 13.2 Å². The molecule has 1 aromatic heterocycles. The van der Waals surface area contributed by atoms with Crippen LogP contribution < -0.4 is 4.90 Å². The average molecular weight is 352 g/mol. The van der Waals surface area contributed by atoms with E-state index in [2.05, 4.69) is 0 Å². The van der Waals surface area contributed by atoms with Gasteiger partial charge in [-0.05, 0) is 36.4 Å². The van der Waals surface area contributed by atoms with Crippen molar-refractivity contribution in [1.29, 1.82) is 0 Å². The zero-order valence-electron chi connectivity index (χ0n) is 13.6. The van der Waals surface area contributed by atoms with Crippen molar-refractivity contribution < 1.29 is 22.4 Å². The Hall–Kier alpha value is -2.44. The molecule has 1 aliphatic heterocycles. The molecule has 0 atom stereocenters. The molecule has 1 saturated heterocycles. The maximum Gasteiger partial charge on any atom is 0.416 e. The van der Waals surface area contributed by atoms with E-state index < -0.39 is 11.7 Å². The molecule has 2 aromatic rings. The van der Waals surface area contributed by atoms with Crippen LogP contribution in [0.2, 0.25) is 0 Å². The van der Waals surface area contributed by atoms with Crippen LogP contribution in [0.5, 0.6) is 0 Å². The van der Waals surface area contributed by atoms with Crippen LogP contribution in [0.25, 0.3) is 0 Å². The molecule has 0 radical (unpaired) electrons. The molecule has 0 N–H and O–H groups in total. The Balaban J connectivity index is 1.50. The molecule has 0 spiro atoms. The van der Waals surface area contributed by atoms with Crippen LogP contribution >= 0.6 is 0 Å². The summed E-state index contributed by atoms with van der Waals surface area (Å²) in [5.74, 6) is 0.861. The molecule has 7 heteroatoms. The third-order valence-electron chi connectivity index (χ3n) is 4.36. The number of carbonyl (C=O) groups excluding carboxylic acids is 1. The van der Waals surface area contributed by atoms with Crippen molar-refractivity contribution in [1.82, 2.24) is 4.90 Å². The summed E-state index contributed by atoms with van der Waals surface area (Å²) in [6.45, 7) is 2.35. The second-order valence-electron chi connectivity index (χ2n) is 5.99. The number of aryl methyl sites for hydroxylation is 1. The summed E-state index contributed by atoms with van der Waals surface area (Å²) >= 11 is 0. The van der Waals surface area contributed by atoms with Crippen molar-refractivity contribution in [2.24, 2.45) is 0 Å². The normalized spacial score (nSPS) is 15.5. The molecule has 0 aliphatic carbocycles. The first kappa shape index (κ1) is 17.4. The summed E-state index contributed by atoms with van der Waals surface area (Å²) in [5, 5.41) is 0. The van der Waals surface area contributed by atoms with Crippen LogP contribution in [-0.2, 0) is 17.4 Å². The number of benzene rings is 1. The summed E-state index contributed by atoms with van der Waals surface area (Å²) in [4.78, 5) is 16.0. The van der Waals surface area contributed by atoms with Gasteiger partial charge < -0.3 is 14.2 Å². The standard InChI is InChI=1S/C18H19F3N2O2/c19-18(20,21)14-3-5-15(6-4-14)22-9-11-23(12-10-22)17(24)8-7-16-2-1-13-25-16/h1-6,13H,7-12H2. The number of nitrogens with zero attached hydrogens (tertiary/aromatic N) is 2. The Labute approximate surface area is 143 Å². The molecule has 1 amide bonds. The number of amides is 1. The Morgan fingerprint density at radius 2 is 1.72 bits per heavy atom. The van der Waals surface area contributed by atoms with Crippen LogP contribution in [0.1, 0.15) is 17.7 Å². The van der Waals surface area contributed by atoms with E-state index in [1.165, 1.54) is 12.1 Å². The molecule has 0 bridgehead atoms. The summed E-state index contributed by atoms with van der Waals surface area (Å²) in [6, 6.07) is 8.79. The van der Waals surface area contributed by atoms with Gasteiger partial charge in [0.15, 0.2) is 0 Å². The van der Waals surface area contributed by atoms with Crippen molar-refractivity contribution in [3.05, 3.63) is 54.0 Å². The van der Waals surface area contributed by atoms with Crippen LogP contribution in [0, 0.1) is 0 Å². The first-order valence-electron chi connectivity index (χ1n) is 8.16. The predicted octanol–water partition coefficient (Wildman–Crippen LogP) is 3.58. The molecule has 1 fully saturated rings. The Kier molecular flexibility index (Phi) is 5.01. The lowest BCUT2D eigenvalue weighted by Crippen LogP contribution is -2.48. The smallest absolute Gasteiger partial charge is 0.416 e. The van der Waals surface area contributed by atoms with E-state index in [0.717, 1.165) is 23.6 Å². The Morgan fingerprint density at radius 3 is 2.28 bits per heavy atom. The zero-order valence-corrected chi connectivity index (χ0v) is 13.6. The van der Waals surface area contributed by atoms with E-state index in [1.54, 1.807) is 17.2 Å². The molecule has 1 aliphatic rings. The van der Waals surface area contributed by atoms with Gasteiger partial charge in [-0.15, -0.1) is 0 Å². The molecular weight excluding hydrogens is 333 g/mol. The van der Waals surface area contributed by atoms with Gasteiger partial charge in [0.05, 0.1) is 11.8 Å². The fourth-order valence-corrected chi connectivity index (χ4v) is 2.92. The number of furan rings is 1. The van der Waals surface area contributed by atoms with Gasteiger partial charge >= 0.3 is 6.18 Å². The van der Waals surface area contributed by atoms with Gasteiger partial charge in [-0.1, -0.05) is 0 Å². The van der Waals surface area contributed by atoms with Crippen molar-refractivity contribution in [2.45, 2.75) is 19.0 Å². The van der Waals surface area contributed by atoms with Gasteiger partial charge in [-0.3, -0.25) is 4.79 Å². The number of anilines is 1. The lowest BCUT2D eigenvalue weighted by atomic mass is 10.1. The SMILES string of the molecule is O=C(CCc1ccco1)N1CCN(c2ccc(C(F)(F)F)cc2)CC1. The first-order valence-corrected chi connectivity index (χ1v) is 8.16. The summed E-state index contributed by atoms with van der Waals surface area (Å²) in [5.41, 5.74) is 0.0960. The van der Waals surface area contributed by atoms with E-state index in [4.69, 9.17) is 4.42 Å². The van der Waals surface area contributed by atoms with Crippen molar-refractivity contribution in [3.63, 3.8) is 0 Å². The fourth-order valence-electron chi connectivity index (χ4n) is 2.92. The topological polar surface area (TPSA) is 36.7 Å². The number of alkyl halides is 3. The minimum Gasteiger partial charge on any atom is -0.469 e. The van der Waals surface area contributed by atoms with E-state index >= 15 is 0 Å². The number of halogens is 3. The molecule has 134 valence electrons. The van der Waals surface area contributed by atoms with Crippen LogP contribution in [0.4, 0.5) is 18.9 Å². The molecule has 0 unspecified atom stereocenters. The number of carbonyl (C=O) groups is 1. The number of rotatable bonds is 4. The van der Waals surface area contributed by atoms with Gasteiger partial charge in [0, 0.05) is 44.7 Å². The molecule has 3 rings (SSSR count). The highest BCUT2D eigenvalue weighted by Gasteiger charge is 2.30. The quantitative estimate of drug-likeness (QED) is 0.844. The maximum absolute atomic E-state index is 12.6. The van der Waals surface area contributed by atoms with Gasteiger partial charge in [0.1, 0.15) is 5.76 Å². The Morgan fingerprint density at radius 1 is 1.04 bits per heavy atom. The molecular formula is C18H19F3N2O2. The minimum absolute atomic E-state index is 0.0727. The highest BCUT2D eigenvalue weighted by molar-refractivity contribution is 5.76. The Bertz CT molecular complexity index is 688. The maximum atomic E-state index is 12.6. The minimum atomic E-state index is -4.32. The zero-order chi connectivity index (χ0) is 17.9. The van der Waals surface area contributed by atoms with E-state index in [9.17, 15) is 18.0 Å².